The highest BCUT2D eigenvalue weighted by molar-refractivity contribution is 9.10. The predicted octanol–water partition coefficient (Wildman–Crippen LogP) is 4.26. The molecule has 0 unspecified atom stereocenters. The summed E-state index contributed by atoms with van der Waals surface area (Å²) >= 11 is 9.16. The van der Waals surface area contributed by atoms with Crippen LogP contribution in [-0.2, 0) is 0 Å². The molecule has 0 aliphatic heterocycles. The Hall–Kier alpha value is -1.26. The lowest BCUT2D eigenvalue weighted by molar-refractivity contribution is 0.0996. The topological polar surface area (TPSA) is 42.2 Å². The summed E-state index contributed by atoms with van der Waals surface area (Å²) in [5, 5.41) is 3.33. The van der Waals surface area contributed by atoms with Crippen LogP contribution >= 0.6 is 27.5 Å². The monoisotopic (exact) mass is 313 g/mol. The minimum Gasteiger partial charge on any atom is -0.459 e. The molecule has 0 aliphatic carbocycles. The van der Waals surface area contributed by atoms with Crippen molar-refractivity contribution >= 4 is 39.1 Å². The molecule has 0 saturated heterocycles. The molecule has 0 fully saturated rings. The highest BCUT2D eigenvalue weighted by Crippen LogP contribution is 2.26. The quantitative estimate of drug-likeness (QED) is 0.900. The molecule has 0 radical (unpaired) electrons. The summed E-state index contributed by atoms with van der Waals surface area (Å²) in [5.41, 5.74) is 1.46. The van der Waals surface area contributed by atoms with Crippen LogP contribution in [0.1, 0.15) is 16.1 Å². The number of aryl methyl sites for hydroxylation is 1. The fourth-order valence-electron chi connectivity index (χ4n) is 1.37. The fourth-order valence-corrected chi connectivity index (χ4v) is 1.86. The number of halogens is 2. The zero-order valence-corrected chi connectivity index (χ0v) is 11.3. The third-order valence-corrected chi connectivity index (χ3v) is 3.46. The van der Waals surface area contributed by atoms with Gasteiger partial charge in [0.2, 0.25) is 0 Å². The van der Waals surface area contributed by atoms with Crippen LogP contribution in [-0.4, -0.2) is 5.91 Å². The van der Waals surface area contributed by atoms with Gasteiger partial charge in [-0.2, -0.15) is 0 Å². The Morgan fingerprint density at radius 1 is 1.41 bits per heavy atom. The fraction of sp³-hybridized carbons (Fsp3) is 0.0833. The molecule has 1 aromatic carbocycles. The predicted molar refractivity (Wildman–Crippen MR) is 70.6 cm³/mol. The van der Waals surface area contributed by atoms with Crippen LogP contribution in [0, 0.1) is 6.92 Å². The number of anilines is 1. The lowest BCUT2D eigenvalue weighted by Gasteiger charge is -2.05. The molecule has 1 N–H and O–H groups in total. The summed E-state index contributed by atoms with van der Waals surface area (Å²) < 4.78 is 5.83. The first-order valence-electron chi connectivity index (χ1n) is 4.88. The first kappa shape index (κ1) is 12.2. The second-order valence-corrected chi connectivity index (χ2v) is 4.78. The average Bonchev–Trinajstić information content (AvgIpc) is 2.70. The van der Waals surface area contributed by atoms with Gasteiger partial charge in [-0.15, -0.1) is 0 Å². The Balaban J connectivity index is 2.19. The van der Waals surface area contributed by atoms with E-state index in [1.807, 2.05) is 6.92 Å². The molecule has 2 rings (SSSR count). The molecule has 1 amide bonds. The van der Waals surface area contributed by atoms with Crippen LogP contribution in [0.4, 0.5) is 5.69 Å². The number of amides is 1. The Morgan fingerprint density at radius 2 is 2.18 bits per heavy atom. The lowest BCUT2D eigenvalue weighted by Crippen LogP contribution is -2.11. The SMILES string of the molecule is Cc1ccoc1C(=O)Nc1ccc(Cl)c(Br)c1. The summed E-state index contributed by atoms with van der Waals surface area (Å²) in [5.74, 6) is 0.0396. The van der Waals surface area contributed by atoms with E-state index < -0.39 is 0 Å². The van der Waals surface area contributed by atoms with Crippen LogP contribution in [0.5, 0.6) is 0 Å². The molecule has 0 aliphatic rings. The normalized spacial score (nSPS) is 10.3. The minimum atomic E-state index is -0.276. The van der Waals surface area contributed by atoms with Crippen LogP contribution in [0.25, 0.3) is 0 Å². The Kier molecular flexibility index (Phi) is 3.54. The van der Waals surface area contributed by atoms with Crippen molar-refractivity contribution in [3.63, 3.8) is 0 Å². The Bertz CT molecular complexity index is 565. The number of hydrogen-bond acceptors (Lipinski definition) is 2. The summed E-state index contributed by atoms with van der Waals surface area (Å²) in [4.78, 5) is 11.8. The summed E-state index contributed by atoms with van der Waals surface area (Å²) in [6, 6.07) is 6.91. The zero-order chi connectivity index (χ0) is 12.4. The molecule has 0 atom stereocenters. The molecule has 17 heavy (non-hydrogen) atoms. The smallest absolute Gasteiger partial charge is 0.291 e. The molecule has 0 saturated carbocycles. The van der Waals surface area contributed by atoms with Crippen molar-refractivity contribution in [3.8, 4) is 0 Å². The number of rotatable bonds is 2. The largest absolute Gasteiger partial charge is 0.459 e. The van der Waals surface area contributed by atoms with Crippen LogP contribution < -0.4 is 5.32 Å². The molecule has 2 aromatic rings. The van der Waals surface area contributed by atoms with E-state index in [0.29, 0.717) is 16.5 Å². The minimum absolute atomic E-state index is 0.276. The Labute approximate surface area is 112 Å². The van der Waals surface area contributed by atoms with E-state index in [2.05, 4.69) is 21.2 Å². The van der Waals surface area contributed by atoms with E-state index in [4.69, 9.17) is 16.0 Å². The van der Waals surface area contributed by atoms with E-state index >= 15 is 0 Å². The van der Waals surface area contributed by atoms with E-state index in [0.717, 1.165) is 10.0 Å². The van der Waals surface area contributed by atoms with Crippen molar-refractivity contribution in [3.05, 3.63) is 51.3 Å². The van der Waals surface area contributed by atoms with E-state index in [1.54, 1.807) is 24.3 Å². The van der Waals surface area contributed by atoms with E-state index in [1.165, 1.54) is 6.26 Å². The summed E-state index contributed by atoms with van der Waals surface area (Å²) in [6.07, 6.45) is 1.49. The third-order valence-electron chi connectivity index (χ3n) is 2.25. The second kappa shape index (κ2) is 4.94. The van der Waals surface area contributed by atoms with Gasteiger partial charge in [0.15, 0.2) is 5.76 Å². The van der Waals surface area contributed by atoms with Gasteiger partial charge in [0.05, 0.1) is 11.3 Å². The van der Waals surface area contributed by atoms with Gasteiger partial charge in [0.1, 0.15) is 0 Å². The lowest BCUT2D eigenvalue weighted by atomic mass is 10.2. The maximum Gasteiger partial charge on any atom is 0.291 e. The van der Waals surface area contributed by atoms with Crippen molar-refractivity contribution < 1.29 is 9.21 Å². The molecular formula is C12H9BrClNO2. The van der Waals surface area contributed by atoms with Crippen LogP contribution in [0.15, 0.2) is 39.4 Å². The number of nitrogens with one attached hydrogen (secondary N) is 1. The number of hydrogen-bond donors (Lipinski definition) is 1. The number of carbonyl (C=O) groups is 1. The molecule has 0 bridgehead atoms. The summed E-state index contributed by atoms with van der Waals surface area (Å²) in [7, 11) is 0. The van der Waals surface area contributed by atoms with Gasteiger partial charge in [-0.3, -0.25) is 4.79 Å². The van der Waals surface area contributed by atoms with Crippen molar-refractivity contribution in [2.24, 2.45) is 0 Å². The van der Waals surface area contributed by atoms with Gasteiger partial charge in [-0.05, 0) is 47.1 Å². The molecule has 88 valence electrons. The highest BCUT2D eigenvalue weighted by Gasteiger charge is 2.12. The number of carbonyl (C=O) groups excluding carboxylic acids is 1. The first-order chi connectivity index (χ1) is 8.08. The molecule has 1 aromatic heterocycles. The number of benzene rings is 1. The van der Waals surface area contributed by atoms with Crippen molar-refractivity contribution in [1.29, 1.82) is 0 Å². The van der Waals surface area contributed by atoms with E-state index in [-0.39, 0.29) is 5.91 Å². The standard InChI is InChI=1S/C12H9BrClNO2/c1-7-4-5-17-11(7)12(16)15-8-2-3-10(14)9(13)6-8/h2-6H,1H3,(H,15,16). The van der Waals surface area contributed by atoms with Gasteiger partial charge < -0.3 is 9.73 Å². The maximum absolute atomic E-state index is 11.8. The molecule has 3 nitrogen and oxygen atoms in total. The highest BCUT2D eigenvalue weighted by atomic mass is 79.9. The average molecular weight is 315 g/mol. The van der Waals surface area contributed by atoms with Gasteiger partial charge >= 0.3 is 0 Å². The van der Waals surface area contributed by atoms with Gasteiger partial charge in [0.25, 0.3) is 5.91 Å². The van der Waals surface area contributed by atoms with Gasteiger partial charge in [0, 0.05) is 15.7 Å². The van der Waals surface area contributed by atoms with Crippen molar-refractivity contribution in [2.75, 3.05) is 5.32 Å². The number of furan rings is 1. The molecule has 0 spiro atoms. The molecular weight excluding hydrogens is 305 g/mol. The maximum atomic E-state index is 11.8. The van der Waals surface area contributed by atoms with Crippen molar-refractivity contribution in [1.82, 2.24) is 0 Å². The van der Waals surface area contributed by atoms with Gasteiger partial charge in [-0.25, -0.2) is 0 Å². The summed E-state index contributed by atoms with van der Waals surface area (Å²) in [6.45, 7) is 1.82. The van der Waals surface area contributed by atoms with Crippen LogP contribution in [0.3, 0.4) is 0 Å². The Morgan fingerprint density at radius 3 is 2.76 bits per heavy atom. The second-order valence-electron chi connectivity index (χ2n) is 3.52. The third kappa shape index (κ3) is 2.70. The molecule has 1 heterocycles. The molecule has 5 heteroatoms. The van der Waals surface area contributed by atoms with Crippen molar-refractivity contribution in [2.45, 2.75) is 6.92 Å². The first-order valence-corrected chi connectivity index (χ1v) is 6.05. The van der Waals surface area contributed by atoms with Gasteiger partial charge in [-0.1, -0.05) is 11.6 Å². The van der Waals surface area contributed by atoms with Crippen LogP contribution in [0.2, 0.25) is 5.02 Å². The van der Waals surface area contributed by atoms with E-state index in [9.17, 15) is 4.79 Å². The zero-order valence-electron chi connectivity index (χ0n) is 8.96.